The summed E-state index contributed by atoms with van der Waals surface area (Å²) < 4.78 is 1.15. The first kappa shape index (κ1) is 11.1. The van der Waals surface area contributed by atoms with Crippen molar-refractivity contribution in [1.29, 1.82) is 0 Å². The molecular formula is C12H17BrN2. The molecule has 0 spiro atoms. The third-order valence-corrected chi connectivity index (χ3v) is 3.78. The van der Waals surface area contributed by atoms with E-state index >= 15 is 0 Å². The van der Waals surface area contributed by atoms with Gasteiger partial charge in [0.2, 0.25) is 0 Å². The molecule has 0 saturated heterocycles. The maximum atomic E-state index is 5.82. The first-order valence-corrected chi connectivity index (χ1v) is 6.31. The molecule has 1 saturated carbocycles. The van der Waals surface area contributed by atoms with E-state index in [0.29, 0.717) is 12.6 Å². The zero-order valence-electron chi connectivity index (χ0n) is 8.75. The lowest BCUT2D eigenvalue weighted by Crippen LogP contribution is -2.40. The highest BCUT2D eigenvalue weighted by Gasteiger charge is 2.22. The molecule has 15 heavy (non-hydrogen) atoms. The van der Waals surface area contributed by atoms with E-state index in [-0.39, 0.29) is 6.04 Å². The summed E-state index contributed by atoms with van der Waals surface area (Å²) in [7, 11) is 0. The number of hydrogen-bond acceptors (Lipinski definition) is 2. The Labute approximate surface area is 99.4 Å². The Hall–Kier alpha value is -0.380. The topological polar surface area (TPSA) is 38.0 Å². The smallest absolute Gasteiger partial charge is 0.0457 e. The molecule has 0 aromatic heterocycles. The van der Waals surface area contributed by atoms with Gasteiger partial charge in [0, 0.05) is 23.1 Å². The monoisotopic (exact) mass is 268 g/mol. The summed E-state index contributed by atoms with van der Waals surface area (Å²) in [6.45, 7) is 0.652. The van der Waals surface area contributed by atoms with Gasteiger partial charge in [-0.15, -0.1) is 0 Å². The predicted octanol–water partition coefficient (Wildman–Crippen LogP) is 2.59. The lowest BCUT2D eigenvalue weighted by atomic mass is 9.91. The molecule has 2 nitrogen and oxygen atoms in total. The highest BCUT2D eigenvalue weighted by atomic mass is 79.9. The molecule has 3 heteroatoms. The highest BCUT2D eigenvalue weighted by Crippen LogP contribution is 2.26. The third-order valence-electron chi connectivity index (χ3n) is 3.06. The molecule has 0 heterocycles. The zero-order chi connectivity index (χ0) is 10.7. The van der Waals surface area contributed by atoms with E-state index in [2.05, 4.69) is 39.4 Å². The summed E-state index contributed by atoms with van der Waals surface area (Å²) in [6.07, 6.45) is 3.94. The van der Waals surface area contributed by atoms with Gasteiger partial charge in [-0.05, 0) is 24.5 Å². The van der Waals surface area contributed by atoms with Crippen molar-refractivity contribution in [2.75, 3.05) is 6.54 Å². The van der Waals surface area contributed by atoms with Crippen LogP contribution in [0, 0.1) is 0 Å². The van der Waals surface area contributed by atoms with E-state index in [9.17, 15) is 0 Å². The Balaban J connectivity index is 2.07. The summed E-state index contributed by atoms with van der Waals surface area (Å²) in [5.74, 6) is 0. The van der Waals surface area contributed by atoms with Crippen molar-refractivity contribution >= 4 is 15.9 Å². The second-order valence-corrected chi connectivity index (χ2v) is 4.96. The first-order valence-electron chi connectivity index (χ1n) is 5.52. The summed E-state index contributed by atoms with van der Waals surface area (Å²) in [5, 5.41) is 3.61. The van der Waals surface area contributed by atoms with E-state index in [4.69, 9.17) is 5.73 Å². The number of halogens is 1. The molecule has 0 bridgehead atoms. The highest BCUT2D eigenvalue weighted by molar-refractivity contribution is 9.10. The van der Waals surface area contributed by atoms with Gasteiger partial charge in [0.1, 0.15) is 0 Å². The Morgan fingerprint density at radius 2 is 2.13 bits per heavy atom. The zero-order valence-corrected chi connectivity index (χ0v) is 10.3. The fraction of sp³-hybridized carbons (Fsp3) is 0.500. The van der Waals surface area contributed by atoms with Crippen molar-refractivity contribution in [2.45, 2.75) is 31.3 Å². The van der Waals surface area contributed by atoms with Crippen LogP contribution in [0.5, 0.6) is 0 Å². The fourth-order valence-corrected chi connectivity index (χ4v) is 2.46. The molecule has 2 rings (SSSR count). The van der Waals surface area contributed by atoms with Gasteiger partial charge in [0.25, 0.3) is 0 Å². The number of benzene rings is 1. The predicted molar refractivity (Wildman–Crippen MR) is 66.7 cm³/mol. The van der Waals surface area contributed by atoms with Crippen LogP contribution in [-0.2, 0) is 0 Å². The summed E-state index contributed by atoms with van der Waals surface area (Å²) >= 11 is 3.57. The lowest BCUT2D eigenvalue weighted by molar-refractivity contribution is 0.307. The van der Waals surface area contributed by atoms with Crippen LogP contribution in [-0.4, -0.2) is 12.6 Å². The molecule has 3 N–H and O–H groups in total. The van der Waals surface area contributed by atoms with E-state index in [1.165, 1.54) is 24.8 Å². The molecular weight excluding hydrogens is 252 g/mol. The van der Waals surface area contributed by atoms with Gasteiger partial charge in [-0.3, -0.25) is 0 Å². The summed E-state index contributed by atoms with van der Waals surface area (Å²) in [4.78, 5) is 0. The maximum Gasteiger partial charge on any atom is 0.0457 e. The quantitative estimate of drug-likeness (QED) is 0.881. The van der Waals surface area contributed by atoms with Gasteiger partial charge >= 0.3 is 0 Å². The van der Waals surface area contributed by atoms with Crippen LogP contribution >= 0.6 is 15.9 Å². The van der Waals surface area contributed by atoms with Crippen molar-refractivity contribution in [3.63, 3.8) is 0 Å². The number of rotatable bonds is 4. The van der Waals surface area contributed by atoms with Crippen molar-refractivity contribution in [2.24, 2.45) is 5.73 Å². The Morgan fingerprint density at radius 1 is 1.40 bits per heavy atom. The summed E-state index contributed by atoms with van der Waals surface area (Å²) in [6, 6.07) is 9.25. The van der Waals surface area contributed by atoms with E-state index in [0.717, 1.165) is 4.47 Å². The lowest BCUT2D eigenvalue weighted by Gasteiger charge is -2.31. The van der Waals surface area contributed by atoms with Crippen LogP contribution in [0.4, 0.5) is 0 Å². The molecule has 1 atom stereocenters. The molecule has 0 amide bonds. The third kappa shape index (κ3) is 2.60. The minimum absolute atomic E-state index is 0.283. The second-order valence-electron chi connectivity index (χ2n) is 4.10. The Kier molecular flexibility index (Phi) is 3.78. The standard InChI is InChI=1S/C12H17BrN2/c13-11-7-2-1-6-10(11)12(8-14)15-9-4-3-5-9/h1-2,6-7,9,12,15H,3-5,8,14H2. The van der Waals surface area contributed by atoms with Crippen LogP contribution in [0.15, 0.2) is 28.7 Å². The molecule has 1 aromatic rings. The van der Waals surface area contributed by atoms with Crippen LogP contribution < -0.4 is 11.1 Å². The molecule has 1 unspecified atom stereocenters. The average Bonchev–Trinajstić information content (AvgIpc) is 2.19. The van der Waals surface area contributed by atoms with Crippen molar-refractivity contribution < 1.29 is 0 Å². The van der Waals surface area contributed by atoms with Gasteiger partial charge in [-0.25, -0.2) is 0 Å². The van der Waals surface area contributed by atoms with Crippen LogP contribution in [0.25, 0.3) is 0 Å². The largest absolute Gasteiger partial charge is 0.329 e. The van der Waals surface area contributed by atoms with Gasteiger partial charge in [-0.1, -0.05) is 40.5 Å². The van der Waals surface area contributed by atoms with Crippen LogP contribution in [0.3, 0.4) is 0 Å². The van der Waals surface area contributed by atoms with Crippen molar-refractivity contribution in [1.82, 2.24) is 5.32 Å². The Morgan fingerprint density at radius 3 is 2.67 bits per heavy atom. The fourth-order valence-electron chi connectivity index (χ4n) is 1.90. The van der Waals surface area contributed by atoms with E-state index in [1.807, 2.05) is 6.07 Å². The normalized spacial score (nSPS) is 18.5. The van der Waals surface area contributed by atoms with Gasteiger partial charge < -0.3 is 11.1 Å². The molecule has 1 aliphatic carbocycles. The van der Waals surface area contributed by atoms with Crippen molar-refractivity contribution in [3.8, 4) is 0 Å². The number of nitrogens with one attached hydrogen (secondary N) is 1. The molecule has 1 aromatic carbocycles. The van der Waals surface area contributed by atoms with Gasteiger partial charge in [-0.2, -0.15) is 0 Å². The molecule has 82 valence electrons. The van der Waals surface area contributed by atoms with E-state index < -0.39 is 0 Å². The number of hydrogen-bond donors (Lipinski definition) is 2. The van der Waals surface area contributed by atoms with Crippen molar-refractivity contribution in [3.05, 3.63) is 34.3 Å². The Bertz CT molecular complexity index is 323. The van der Waals surface area contributed by atoms with E-state index in [1.54, 1.807) is 0 Å². The van der Waals surface area contributed by atoms with Gasteiger partial charge in [0.15, 0.2) is 0 Å². The van der Waals surface area contributed by atoms with Crippen LogP contribution in [0.2, 0.25) is 0 Å². The SMILES string of the molecule is NCC(NC1CCC1)c1ccccc1Br. The molecule has 0 radical (unpaired) electrons. The minimum atomic E-state index is 0.283. The van der Waals surface area contributed by atoms with Crippen LogP contribution in [0.1, 0.15) is 30.9 Å². The second kappa shape index (κ2) is 5.10. The molecule has 0 aliphatic heterocycles. The number of nitrogens with two attached hydrogens (primary N) is 1. The molecule has 1 aliphatic rings. The minimum Gasteiger partial charge on any atom is -0.329 e. The van der Waals surface area contributed by atoms with Gasteiger partial charge in [0.05, 0.1) is 0 Å². The first-order chi connectivity index (χ1) is 7.31. The maximum absolute atomic E-state index is 5.82. The average molecular weight is 269 g/mol. The summed E-state index contributed by atoms with van der Waals surface area (Å²) in [5.41, 5.74) is 7.09. The molecule has 1 fully saturated rings.